The molecule has 0 saturated heterocycles. The van der Waals surface area contributed by atoms with Crippen LogP contribution >= 0.6 is 0 Å². The lowest BCUT2D eigenvalue weighted by molar-refractivity contribution is 0.340. The summed E-state index contributed by atoms with van der Waals surface area (Å²) in [6.45, 7) is 4.53. The Bertz CT molecular complexity index is 513. The van der Waals surface area contributed by atoms with Gasteiger partial charge in [0.05, 0.1) is 6.61 Å². The number of nitrogens with one attached hydrogen (secondary N) is 1. The molecule has 0 aliphatic rings. The summed E-state index contributed by atoms with van der Waals surface area (Å²) in [5.41, 5.74) is 2.33. The van der Waals surface area contributed by atoms with Gasteiger partial charge in [-0.25, -0.2) is 0 Å². The molecule has 0 aromatic heterocycles. The second kappa shape index (κ2) is 7.43. The van der Waals surface area contributed by atoms with Gasteiger partial charge >= 0.3 is 0 Å². The number of hydrogen-bond donors (Lipinski definition) is 1. The van der Waals surface area contributed by atoms with Gasteiger partial charge in [-0.05, 0) is 31.2 Å². The van der Waals surface area contributed by atoms with E-state index >= 15 is 0 Å². The zero-order valence-corrected chi connectivity index (χ0v) is 12.2. The van der Waals surface area contributed by atoms with E-state index in [9.17, 15) is 0 Å². The van der Waals surface area contributed by atoms with Crippen LogP contribution in [0.1, 0.15) is 6.92 Å². The molecule has 0 aliphatic carbocycles. The minimum atomic E-state index is 0.695. The molecule has 20 heavy (non-hydrogen) atoms. The Labute approximate surface area is 121 Å². The molecule has 2 aromatic carbocycles. The zero-order valence-electron chi connectivity index (χ0n) is 12.2. The summed E-state index contributed by atoms with van der Waals surface area (Å²) in [6.07, 6.45) is 0. The van der Waals surface area contributed by atoms with Crippen LogP contribution in [-0.4, -0.2) is 26.7 Å². The van der Waals surface area contributed by atoms with Gasteiger partial charge in [-0.15, -0.1) is 0 Å². The molecule has 2 rings (SSSR count). The first-order valence-corrected chi connectivity index (χ1v) is 7.02. The molecule has 0 unspecified atom stereocenters. The second-order valence-electron chi connectivity index (χ2n) is 4.64. The van der Waals surface area contributed by atoms with Gasteiger partial charge < -0.3 is 15.0 Å². The lowest BCUT2D eigenvalue weighted by atomic mass is 10.3. The van der Waals surface area contributed by atoms with Crippen LogP contribution < -0.4 is 15.0 Å². The first-order chi connectivity index (χ1) is 9.79. The number of hydrogen-bond acceptors (Lipinski definition) is 3. The molecule has 3 nitrogen and oxygen atoms in total. The van der Waals surface area contributed by atoms with E-state index in [-0.39, 0.29) is 0 Å². The van der Waals surface area contributed by atoms with Crippen molar-refractivity contribution in [2.24, 2.45) is 0 Å². The predicted molar refractivity (Wildman–Crippen MR) is 85.8 cm³/mol. The van der Waals surface area contributed by atoms with E-state index in [1.807, 2.05) is 31.2 Å². The number of benzene rings is 2. The molecule has 0 spiro atoms. The lowest BCUT2D eigenvalue weighted by Crippen LogP contribution is -2.24. The van der Waals surface area contributed by atoms with Gasteiger partial charge in [0.15, 0.2) is 0 Å². The summed E-state index contributed by atoms with van der Waals surface area (Å²) in [6, 6.07) is 18.5. The quantitative estimate of drug-likeness (QED) is 0.831. The van der Waals surface area contributed by atoms with E-state index in [0.29, 0.717) is 6.61 Å². The summed E-state index contributed by atoms with van der Waals surface area (Å²) in [5.74, 6) is 0.911. The first kappa shape index (κ1) is 14.3. The monoisotopic (exact) mass is 270 g/mol. The lowest BCUT2D eigenvalue weighted by Gasteiger charge is -2.19. The third-order valence-corrected chi connectivity index (χ3v) is 3.12. The Hall–Kier alpha value is -2.16. The zero-order chi connectivity index (χ0) is 14.2. The largest absolute Gasteiger partial charge is 0.494 e. The van der Waals surface area contributed by atoms with E-state index in [1.54, 1.807) is 0 Å². The minimum Gasteiger partial charge on any atom is -0.494 e. The molecule has 0 fully saturated rings. The fourth-order valence-corrected chi connectivity index (χ4v) is 2.04. The maximum absolute atomic E-state index is 5.49. The van der Waals surface area contributed by atoms with Crippen molar-refractivity contribution in [3.63, 3.8) is 0 Å². The summed E-state index contributed by atoms with van der Waals surface area (Å²) >= 11 is 0. The minimum absolute atomic E-state index is 0.695. The van der Waals surface area contributed by atoms with Crippen LogP contribution in [0.3, 0.4) is 0 Å². The van der Waals surface area contributed by atoms with E-state index in [1.165, 1.54) is 5.69 Å². The molecule has 2 aromatic rings. The van der Waals surface area contributed by atoms with Gasteiger partial charge in [0.25, 0.3) is 0 Å². The van der Waals surface area contributed by atoms with E-state index in [0.717, 1.165) is 24.5 Å². The number of nitrogens with zero attached hydrogens (tertiary/aromatic N) is 1. The molecule has 0 aliphatic heterocycles. The number of ether oxygens (including phenoxy) is 1. The molecule has 106 valence electrons. The molecule has 0 bridgehead atoms. The van der Waals surface area contributed by atoms with Crippen molar-refractivity contribution in [3.05, 3.63) is 54.6 Å². The Balaban J connectivity index is 1.82. The molecule has 1 N–H and O–H groups in total. The molecule has 0 atom stereocenters. The molecular weight excluding hydrogens is 248 g/mol. The van der Waals surface area contributed by atoms with Crippen molar-refractivity contribution in [1.82, 2.24) is 0 Å². The van der Waals surface area contributed by atoms with Crippen LogP contribution in [0.2, 0.25) is 0 Å². The average molecular weight is 270 g/mol. The number of rotatable bonds is 7. The van der Waals surface area contributed by atoms with Crippen molar-refractivity contribution < 1.29 is 4.74 Å². The SMILES string of the molecule is CCOc1cccc(NCCN(C)c2ccccc2)c1. The third kappa shape index (κ3) is 4.19. The Morgan fingerprint density at radius 2 is 1.85 bits per heavy atom. The van der Waals surface area contributed by atoms with Crippen LogP contribution in [0, 0.1) is 0 Å². The fraction of sp³-hybridized carbons (Fsp3) is 0.294. The molecule has 0 heterocycles. The first-order valence-electron chi connectivity index (χ1n) is 7.02. The number of likely N-dealkylation sites (N-methyl/N-ethyl adjacent to an activating group) is 1. The molecule has 3 heteroatoms. The Morgan fingerprint density at radius 1 is 1.05 bits per heavy atom. The van der Waals surface area contributed by atoms with Crippen molar-refractivity contribution >= 4 is 11.4 Å². The number of para-hydroxylation sites is 1. The standard InChI is InChI=1S/C17H22N2O/c1-3-20-17-11-7-8-15(14-17)18-12-13-19(2)16-9-5-4-6-10-16/h4-11,14,18H,3,12-13H2,1-2H3. The second-order valence-corrected chi connectivity index (χ2v) is 4.64. The van der Waals surface area contributed by atoms with Crippen molar-refractivity contribution in [2.75, 3.05) is 37.0 Å². The third-order valence-electron chi connectivity index (χ3n) is 3.12. The van der Waals surface area contributed by atoms with E-state index < -0.39 is 0 Å². The van der Waals surface area contributed by atoms with Gasteiger partial charge in [-0.2, -0.15) is 0 Å². The summed E-state index contributed by atoms with van der Waals surface area (Å²) < 4.78 is 5.49. The van der Waals surface area contributed by atoms with E-state index in [2.05, 4.69) is 47.6 Å². The van der Waals surface area contributed by atoms with Gasteiger partial charge in [0, 0.05) is 37.6 Å². The maximum Gasteiger partial charge on any atom is 0.121 e. The highest BCUT2D eigenvalue weighted by atomic mass is 16.5. The molecule has 0 saturated carbocycles. The highest BCUT2D eigenvalue weighted by Crippen LogP contribution is 2.17. The highest BCUT2D eigenvalue weighted by Gasteiger charge is 2.00. The van der Waals surface area contributed by atoms with Gasteiger partial charge in [0.2, 0.25) is 0 Å². The summed E-state index contributed by atoms with van der Waals surface area (Å²) in [5, 5.41) is 3.42. The van der Waals surface area contributed by atoms with Crippen LogP contribution in [0.25, 0.3) is 0 Å². The van der Waals surface area contributed by atoms with Crippen LogP contribution in [0.4, 0.5) is 11.4 Å². The molecule has 0 amide bonds. The topological polar surface area (TPSA) is 24.5 Å². The molecule has 0 radical (unpaired) electrons. The average Bonchev–Trinajstić information content (AvgIpc) is 2.49. The highest BCUT2D eigenvalue weighted by molar-refractivity contribution is 5.49. The van der Waals surface area contributed by atoms with Crippen molar-refractivity contribution in [1.29, 1.82) is 0 Å². The van der Waals surface area contributed by atoms with Gasteiger partial charge in [0.1, 0.15) is 5.75 Å². The van der Waals surface area contributed by atoms with E-state index in [4.69, 9.17) is 4.74 Å². The summed E-state index contributed by atoms with van der Waals surface area (Å²) in [7, 11) is 2.10. The maximum atomic E-state index is 5.49. The Morgan fingerprint density at radius 3 is 2.60 bits per heavy atom. The van der Waals surface area contributed by atoms with Crippen molar-refractivity contribution in [2.45, 2.75) is 6.92 Å². The van der Waals surface area contributed by atoms with Crippen molar-refractivity contribution in [3.8, 4) is 5.75 Å². The van der Waals surface area contributed by atoms with Gasteiger partial charge in [-0.3, -0.25) is 0 Å². The summed E-state index contributed by atoms with van der Waals surface area (Å²) in [4.78, 5) is 2.24. The predicted octanol–water partition coefficient (Wildman–Crippen LogP) is 3.63. The van der Waals surface area contributed by atoms with Crippen LogP contribution in [0.15, 0.2) is 54.6 Å². The Kier molecular flexibility index (Phi) is 5.30. The molecular formula is C17H22N2O. The smallest absolute Gasteiger partial charge is 0.121 e. The number of anilines is 2. The normalized spacial score (nSPS) is 10.1. The van der Waals surface area contributed by atoms with Gasteiger partial charge in [-0.1, -0.05) is 24.3 Å². The fourth-order valence-electron chi connectivity index (χ4n) is 2.04. The van der Waals surface area contributed by atoms with Crippen LogP contribution in [0.5, 0.6) is 5.75 Å². The van der Waals surface area contributed by atoms with Crippen LogP contribution in [-0.2, 0) is 0 Å².